The molecule has 2 atom stereocenters. The third kappa shape index (κ3) is 3.68. The number of hydrogen-bond donors (Lipinski definition) is 1. The van der Waals surface area contributed by atoms with Gasteiger partial charge < -0.3 is 15.0 Å². The number of fused-ring (bicyclic) bond motifs is 1. The number of rotatable bonds is 5. The molecule has 1 N–H and O–H groups in total. The van der Waals surface area contributed by atoms with Gasteiger partial charge in [-0.1, -0.05) is 54.6 Å². The minimum atomic E-state index is -0.384. The maximum atomic E-state index is 12.9. The Hall–Kier alpha value is -3.34. The summed E-state index contributed by atoms with van der Waals surface area (Å²) in [6.45, 7) is 2.34. The number of carbonyl (C=O) groups is 2. The first-order chi connectivity index (χ1) is 14.1. The summed E-state index contributed by atoms with van der Waals surface area (Å²) in [5.41, 5.74) is 1.78. The van der Waals surface area contributed by atoms with Crippen LogP contribution in [0.5, 0.6) is 5.75 Å². The molecule has 29 heavy (non-hydrogen) atoms. The van der Waals surface area contributed by atoms with Gasteiger partial charge in [-0.3, -0.25) is 9.59 Å². The van der Waals surface area contributed by atoms with Gasteiger partial charge in [0.25, 0.3) is 0 Å². The van der Waals surface area contributed by atoms with Gasteiger partial charge in [0, 0.05) is 13.0 Å². The summed E-state index contributed by atoms with van der Waals surface area (Å²) >= 11 is 0. The number of nitrogens with one attached hydrogen (secondary N) is 1. The van der Waals surface area contributed by atoms with Crippen molar-refractivity contribution in [3.05, 3.63) is 72.3 Å². The maximum absolute atomic E-state index is 12.9. The van der Waals surface area contributed by atoms with Gasteiger partial charge in [0.1, 0.15) is 5.75 Å². The van der Waals surface area contributed by atoms with Crippen LogP contribution in [0.25, 0.3) is 10.8 Å². The van der Waals surface area contributed by atoms with Gasteiger partial charge in [-0.15, -0.1) is 0 Å². The topological polar surface area (TPSA) is 58.6 Å². The van der Waals surface area contributed by atoms with Crippen molar-refractivity contribution in [1.82, 2.24) is 5.32 Å². The van der Waals surface area contributed by atoms with Gasteiger partial charge >= 0.3 is 0 Å². The lowest BCUT2D eigenvalue weighted by Crippen LogP contribution is -2.34. The molecule has 5 nitrogen and oxygen atoms in total. The van der Waals surface area contributed by atoms with Gasteiger partial charge in [0.2, 0.25) is 11.8 Å². The Morgan fingerprint density at radius 2 is 1.79 bits per heavy atom. The second-order valence-corrected chi connectivity index (χ2v) is 7.38. The van der Waals surface area contributed by atoms with Crippen LogP contribution >= 0.6 is 0 Å². The normalized spacial score (nSPS) is 17.4. The first kappa shape index (κ1) is 19.0. The van der Waals surface area contributed by atoms with Crippen molar-refractivity contribution >= 4 is 28.3 Å². The summed E-state index contributed by atoms with van der Waals surface area (Å²) in [6, 6.07) is 21.5. The smallest absolute Gasteiger partial charge is 0.227 e. The number of ether oxygens (including phenoxy) is 1. The fourth-order valence-electron chi connectivity index (χ4n) is 4.01. The standard InChI is InChI=1S/C24H24N2O3/c1-16(19-11-7-9-17-8-3-4-10-20(17)19)25-24(28)18-14-23(27)26(15-18)21-12-5-6-13-22(21)29-2/h3-13,16,18H,14-15H2,1-2H3,(H,25,28)/t16-,18+/m0/s1. The van der Waals surface area contributed by atoms with Gasteiger partial charge in [0.05, 0.1) is 24.8 Å². The van der Waals surface area contributed by atoms with Gasteiger partial charge in [0.15, 0.2) is 0 Å². The van der Waals surface area contributed by atoms with Crippen molar-refractivity contribution < 1.29 is 14.3 Å². The number of amides is 2. The van der Waals surface area contributed by atoms with Crippen LogP contribution in [0.4, 0.5) is 5.69 Å². The van der Waals surface area contributed by atoms with Crippen LogP contribution < -0.4 is 15.0 Å². The highest BCUT2D eigenvalue weighted by atomic mass is 16.5. The molecule has 0 aliphatic carbocycles. The average Bonchev–Trinajstić information content (AvgIpc) is 3.14. The van der Waals surface area contributed by atoms with Crippen LogP contribution in [0.2, 0.25) is 0 Å². The summed E-state index contributed by atoms with van der Waals surface area (Å²) < 4.78 is 5.37. The molecule has 0 saturated carbocycles. The third-order valence-corrected chi connectivity index (χ3v) is 5.52. The zero-order chi connectivity index (χ0) is 20.4. The lowest BCUT2D eigenvalue weighted by molar-refractivity contribution is -0.126. The monoisotopic (exact) mass is 388 g/mol. The second-order valence-electron chi connectivity index (χ2n) is 7.38. The summed E-state index contributed by atoms with van der Waals surface area (Å²) in [5.74, 6) is 0.0829. The van der Waals surface area contributed by atoms with E-state index in [1.54, 1.807) is 12.0 Å². The summed E-state index contributed by atoms with van der Waals surface area (Å²) in [4.78, 5) is 27.1. The Morgan fingerprint density at radius 1 is 1.07 bits per heavy atom. The number of methoxy groups -OCH3 is 1. The summed E-state index contributed by atoms with van der Waals surface area (Å²) in [5, 5.41) is 5.37. The second kappa shape index (κ2) is 7.95. The van der Waals surface area contributed by atoms with Crippen molar-refractivity contribution in [2.24, 2.45) is 5.92 Å². The molecule has 0 unspecified atom stereocenters. The molecule has 1 aliphatic rings. The molecule has 3 aromatic carbocycles. The Labute approximate surface area is 170 Å². The largest absolute Gasteiger partial charge is 0.495 e. The highest BCUT2D eigenvalue weighted by Gasteiger charge is 2.36. The van der Waals surface area contributed by atoms with Crippen molar-refractivity contribution in [1.29, 1.82) is 0 Å². The van der Waals surface area contributed by atoms with Gasteiger partial charge in [-0.2, -0.15) is 0 Å². The molecule has 1 aliphatic heterocycles. The average molecular weight is 388 g/mol. The number of para-hydroxylation sites is 2. The number of benzene rings is 3. The Balaban J connectivity index is 1.50. The van der Waals surface area contributed by atoms with E-state index < -0.39 is 0 Å². The Kier molecular flexibility index (Phi) is 5.21. The van der Waals surface area contributed by atoms with E-state index in [9.17, 15) is 9.59 Å². The Morgan fingerprint density at radius 3 is 2.62 bits per heavy atom. The highest BCUT2D eigenvalue weighted by Crippen LogP contribution is 2.33. The zero-order valence-corrected chi connectivity index (χ0v) is 16.6. The molecule has 148 valence electrons. The van der Waals surface area contributed by atoms with Crippen molar-refractivity contribution in [2.75, 3.05) is 18.6 Å². The molecular formula is C24H24N2O3. The molecule has 0 spiro atoms. The molecule has 1 heterocycles. The minimum absolute atomic E-state index is 0.0625. The molecule has 0 aromatic heterocycles. The van der Waals surface area contributed by atoms with Crippen molar-refractivity contribution in [3.63, 3.8) is 0 Å². The number of anilines is 1. The lowest BCUT2D eigenvalue weighted by atomic mass is 9.99. The van der Waals surface area contributed by atoms with E-state index in [0.717, 1.165) is 16.3 Å². The minimum Gasteiger partial charge on any atom is -0.495 e. The molecule has 1 saturated heterocycles. The van der Waals surface area contributed by atoms with E-state index >= 15 is 0 Å². The van der Waals surface area contributed by atoms with E-state index in [-0.39, 0.29) is 30.2 Å². The fraction of sp³-hybridized carbons (Fsp3) is 0.250. The highest BCUT2D eigenvalue weighted by molar-refractivity contribution is 6.01. The van der Waals surface area contributed by atoms with E-state index in [1.807, 2.05) is 55.5 Å². The number of nitrogens with zero attached hydrogens (tertiary/aromatic N) is 1. The van der Waals surface area contributed by atoms with Crippen LogP contribution in [0.3, 0.4) is 0 Å². The third-order valence-electron chi connectivity index (χ3n) is 5.52. The molecule has 5 heteroatoms. The van der Waals surface area contributed by atoms with Gasteiger partial charge in [-0.05, 0) is 35.4 Å². The van der Waals surface area contributed by atoms with E-state index in [0.29, 0.717) is 18.0 Å². The lowest BCUT2D eigenvalue weighted by Gasteiger charge is -2.21. The van der Waals surface area contributed by atoms with E-state index in [4.69, 9.17) is 4.74 Å². The molecule has 1 fully saturated rings. The van der Waals surface area contributed by atoms with E-state index in [2.05, 4.69) is 23.5 Å². The molecule has 3 aromatic rings. The molecule has 0 radical (unpaired) electrons. The number of hydrogen-bond acceptors (Lipinski definition) is 3. The molecular weight excluding hydrogens is 364 g/mol. The summed E-state index contributed by atoms with van der Waals surface area (Å²) in [6.07, 6.45) is 0.201. The maximum Gasteiger partial charge on any atom is 0.227 e. The summed E-state index contributed by atoms with van der Waals surface area (Å²) in [7, 11) is 1.58. The van der Waals surface area contributed by atoms with Crippen LogP contribution in [0.1, 0.15) is 24.9 Å². The zero-order valence-electron chi connectivity index (χ0n) is 16.6. The van der Waals surface area contributed by atoms with Crippen LogP contribution in [-0.4, -0.2) is 25.5 Å². The SMILES string of the molecule is COc1ccccc1N1C[C@H](C(=O)N[C@@H](C)c2cccc3ccccc23)CC1=O. The first-order valence-corrected chi connectivity index (χ1v) is 9.80. The van der Waals surface area contributed by atoms with Gasteiger partial charge in [-0.25, -0.2) is 0 Å². The van der Waals surface area contributed by atoms with E-state index in [1.165, 1.54) is 0 Å². The molecule has 4 rings (SSSR count). The fourth-order valence-corrected chi connectivity index (χ4v) is 4.01. The first-order valence-electron chi connectivity index (χ1n) is 9.80. The molecule has 0 bridgehead atoms. The number of carbonyl (C=O) groups excluding carboxylic acids is 2. The Bertz CT molecular complexity index is 1060. The predicted octanol–water partition coefficient (Wildman–Crippen LogP) is 4.08. The van der Waals surface area contributed by atoms with Crippen LogP contribution in [0.15, 0.2) is 66.7 Å². The van der Waals surface area contributed by atoms with Crippen LogP contribution in [-0.2, 0) is 9.59 Å². The van der Waals surface area contributed by atoms with Crippen molar-refractivity contribution in [2.45, 2.75) is 19.4 Å². The molecule has 2 amide bonds. The predicted molar refractivity (Wildman–Crippen MR) is 114 cm³/mol. The van der Waals surface area contributed by atoms with Crippen molar-refractivity contribution in [3.8, 4) is 5.75 Å². The quantitative estimate of drug-likeness (QED) is 0.717. The van der Waals surface area contributed by atoms with Crippen LogP contribution in [0, 0.1) is 5.92 Å².